The van der Waals surface area contributed by atoms with Gasteiger partial charge in [0.1, 0.15) is 0 Å². The normalized spacial score (nSPS) is 33.0. The van der Waals surface area contributed by atoms with E-state index in [-0.39, 0.29) is 0 Å². The van der Waals surface area contributed by atoms with Crippen molar-refractivity contribution >= 4 is 0 Å². The number of likely N-dealkylation sites (tertiary alicyclic amines) is 1. The average Bonchev–Trinajstić information content (AvgIpc) is 2.73. The number of nitrogens with one attached hydrogen (secondary N) is 1. The zero-order valence-corrected chi connectivity index (χ0v) is 7.34. The molecule has 1 N–H and O–H groups in total. The molecule has 0 amide bonds. The molecule has 1 saturated heterocycles. The van der Waals surface area contributed by atoms with E-state index in [9.17, 15) is 0 Å². The number of likely N-dealkylation sites (N-methyl/N-ethyl adjacent to an activating group) is 1. The van der Waals surface area contributed by atoms with Crippen molar-refractivity contribution in [1.82, 2.24) is 10.2 Å². The third-order valence-corrected chi connectivity index (χ3v) is 2.89. The van der Waals surface area contributed by atoms with Gasteiger partial charge >= 0.3 is 0 Å². The second-order valence-corrected chi connectivity index (χ2v) is 3.96. The van der Waals surface area contributed by atoms with Crippen molar-refractivity contribution in [3.63, 3.8) is 0 Å². The van der Waals surface area contributed by atoms with Gasteiger partial charge < -0.3 is 10.2 Å². The molecule has 0 aromatic rings. The van der Waals surface area contributed by atoms with Crippen LogP contribution in [0.15, 0.2) is 0 Å². The van der Waals surface area contributed by atoms with Gasteiger partial charge in [0.05, 0.1) is 0 Å². The predicted octanol–water partition coefficient (Wildman–Crippen LogP) is 0.833. The lowest BCUT2D eigenvalue weighted by Crippen LogP contribution is -2.36. The maximum Gasteiger partial charge on any atom is 0.0218 e. The Morgan fingerprint density at radius 1 is 1.36 bits per heavy atom. The molecule has 0 spiro atoms. The van der Waals surface area contributed by atoms with Crippen LogP contribution in [-0.4, -0.2) is 37.1 Å². The van der Waals surface area contributed by atoms with E-state index in [1.165, 1.54) is 38.8 Å². The van der Waals surface area contributed by atoms with Crippen molar-refractivity contribution in [2.75, 3.05) is 20.1 Å². The van der Waals surface area contributed by atoms with Gasteiger partial charge in [-0.05, 0) is 39.3 Å². The summed E-state index contributed by atoms with van der Waals surface area (Å²) in [6, 6.07) is 1.71. The highest BCUT2D eigenvalue weighted by Crippen LogP contribution is 2.20. The molecule has 11 heavy (non-hydrogen) atoms. The maximum absolute atomic E-state index is 3.59. The largest absolute Gasteiger partial charge is 0.312 e. The van der Waals surface area contributed by atoms with E-state index >= 15 is 0 Å². The molecule has 0 aromatic carbocycles. The molecular formula is C9H18N2. The summed E-state index contributed by atoms with van der Waals surface area (Å²) >= 11 is 0. The second kappa shape index (κ2) is 3.11. The summed E-state index contributed by atoms with van der Waals surface area (Å²) in [6.45, 7) is 2.53. The molecule has 2 nitrogen and oxygen atoms in total. The quantitative estimate of drug-likeness (QED) is 0.648. The smallest absolute Gasteiger partial charge is 0.0218 e. The first kappa shape index (κ1) is 7.56. The Hall–Kier alpha value is -0.0800. The van der Waals surface area contributed by atoms with E-state index < -0.39 is 0 Å². The molecule has 2 aliphatic rings. The molecule has 0 aromatic heterocycles. The highest BCUT2D eigenvalue weighted by Gasteiger charge is 2.25. The minimum Gasteiger partial charge on any atom is -0.312 e. The van der Waals surface area contributed by atoms with Crippen LogP contribution in [0.5, 0.6) is 0 Å². The first-order valence-corrected chi connectivity index (χ1v) is 4.80. The topological polar surface area (TPSA) is 15.3 Å². The fourth-order valence-electron chi connectivity index (χ4n) is 1.83. The van der Waals surface area contributed by atoms with E-state index in [2.05, 4.69) is 17.3 Å². The van der Waals surface area contributed by atoms with Gasteiger partial charge in [-0.2, -0.15) is 0 Å². The summed E-state index contributed by atoms with van der Waals surface area (Å²) in [5.74, 6) is 0. The zero-order valence-electron chi connectivity index (χ0n) is 7.34. The van der Waals surface area contributed by atoms with Crippen LogP contribution in [-0.2, 0) is 0 Å². The molecule has 1 heterocycles. The van der Waals surface area contributed by atoms with Crippen molar-refractivity contribution < 1.29 is 0 Å². The molecule has 2 heteroatoms. The van der Waals surface area contributed by atoms with Crippen LogP contribution in [0.4, 0.5) is 0 Å². The van der Waals surface area contributed by atoms with Crippen molar-refractivity contribution in [3.8, 4) is 0 Å². The van der Waals surface area contributed by atoms with E-state index in [0.29, 0.717) is 0 Å². The third kappa shape index (κ3) is 1.94. The van der Waals surface area contributed by atoms with Gasteiger partial charge in [0.2, 0.25) is 0 Å². The Bertz CT molecular complexity index is 132. The van der Waals surface area contributed by atoms with Crippen LogP contribution >= 0.6 is 0 Å². The fraction of sp³-hybridized carbons (Fsp3) is 1.00. The Morgan fingerprint density at radius 2 is 2.18 bits per heavy atom. The lowest BCUT2D eigenvalue weighted by molar-refractivity contribution is 0.300. The summed E-state index contributed by atoms with van der Waals surface area (Å²) < 4.78 is 0. The van der Waals surface area contributed by atoms with Crippen molar-refractivity contribution in [2.45, 2.75) is 37.8 Å². The lowest BCUT2D eigenvalue weighted by atomic mass is 10.2. The average molecular weight is 154 g/mol. The molecule has 1 aliphatic carbocycles. The molecule has 1 aliphatic heterocycles. The van der Waals surface area contributed by atoms with Crippen molar-refractivity contribution in [3.05, 3.63) is 0 Å². The molecule has 1 unspecified atom stereocenters. The molecule has 64 valence electrons. The van der Waals surface area contributed by atoms with Crippen molar-refractivity contribution in [1.29, 1.82) is 0 Å². The van der Waals surface area contributed by atoms with E-state index in [4.69, 9.17) is 0 Å². The molecular weight excluding hydrogens is 136 g/mol. The van der Waals surface area contributed by atoms with Crippen LogP contribution in [0, 0.1) is 0 Å². The summed E-state index contributed by atoms with van der Waals surface area (Å²) in [5, 5.41) is 3.59. The molecule has 0 bridgehead atoms. The summed E-state index contributed by atoms with van der Waals surface area (Å²) in [4.78, 5) is 2.48. The minimum absolute atomic E-state index is 0.829. The van der Waals surface area contributed by atoms with Gasteiger partial charge in [0.25, 0.3) is 0 Å². The number of hydrogen-bond acceptors (Lipinski definition) is 2. The minimum atomic E-state index is 0.829. The fourth-order valence-corrected chi connectivity index (χ4v) is 1.83. The van der Waals surface area contributed by atoms with Crippen LogP contribution in [0.2, 0.25) is 0 Å². The van der Waals surface area contributed by atoms with Gasteiger partial charge in [-0.25, -0.2) is 0 Å². The van der Waals surface area contributed by atoms with Gasteiger partial charge in [-0.15, -0.1) is 0 Å². The highest BCUT2D eigenvalue weighted by atomic mass is 15.2. The lowest BCUT2D eigenvalue weighted by Gasteiger charge is -2.19. The molecule has 2 fully saturated rings. The first-order valence-electron chi connectivity index (χ1n) is 4.80. The standard InChI is InChI=1S/C9H18N2/c1-11-6-2-3-9(11)7-10-8-4-5-8/h8-10H,2-7H2,1H3. The summed E-state index contributed by atoms with van der Waals surface area (Å²) in [7, 11) is 2.24. The van der Waals surface area contributed by atoms with Crippen LogP contribution in [0.3, 0.4) is 0 Å². The third-order valence-electron chi connectivity index (χ3n) is 2.89. The highest BCUT2D eigenvalue weighted by molar-refractivity contribution is 4.85. The number of nitrogens with zero attached hydrogens (tertiary/aromatic N) is 1. The molecule has 1 saturated carbocycles. The van der Waals surface area contributed by atoms with E-state index in [1.807, 2.05) is 0 Å². The number of hydrogen-bond donors (Lipinski definition) is 1. The van der Waals surface area contributed by atoms with Gasteiger partial charge in [0, 0.05) is 18.6 Å². The molecule has 0 radical (unpaired) electrons. The van der Waals surface area contributed by atoms with Gasteiger partial charge in [0.15, 0.2) is 0 Å². The van der Waals surface area contributed by atoms with Crippen molar-refractivity contribution in [2.24, 2.45) is 0 Å². The Morgan fingerprint density at radius 3 is 2.73 bits per heavy atom. The van der Waals surface area contributed by atoms with Crippen LogP contribution in [0.25, 0.3) is 0 Å². The van der Waals surface area contributed by atoms with Gasteiger partial charge in [-0.1, -0.05) is 0 Å². The van der Waals surface area contributed by atoms with E-state index in [1.54, 1.807) is 0 Å². The van der Waals surface area contributed by atoms with Gasteiger partial charge in [-0.3, -0.25) is 0 Å². The first-order chi connectivity index (χ1) is 5.36. The van der Waals surface area contributed by atoms with Crippen LogP contribution in [0.1, 0.15) is 25.7 Å². The monoisotopic (exact) mass is 154 g/mol. The maximum atomic E-state index is 3.59. The Labute approximate surface area is 69.0 Å². The summed E-state index contributed by atoms with van der Waals surface area (Å²) in [6.07, 6.45) is 5.62. The Kier molecular flexibility index (Phi) is 2.14. The zero-order chi connectivity index (χ0) is 7.68. The SMILES string of the molecule is CN1CCCC1CNC1CC1. The van der Waals surface area contributed by atoms with E-state index in [0.717, 1.165) is 12.1 Å². The summed E-state index contributed by atoms with van der Waals surface area (Å²) in [5.41, 5.74) is 0. The predicted molar refractivity (Wildman–Crippen MR) is 46.7 cm³/mol. The second-order valence-electron chi connectivity index (χ2n) is 3.96. The Balaban J connectivity index is 1.67. The molecule has 2 rings (SSSR count). The molecule has 1 atom stereocenters. The number of rotatable bonds is 3. The van der Waals surface area contributed by atoms with Crippen LogP contribution < -0.4 is 5.32 Å².